The molecule has 2 aromatic carbocycles. The van der Waals surface area contributed by atoms with E-state index in [9.17, 15) is 14.4 Å². The summed E-state index contributed by atoms with van der Waals surface area (Å²) in [6, 6.07) is 9.71. The van der Waals surface area contributed by atoms with Crippen molar-refractivity contribution < 1.29 is 19.1 Å². The van der Waals surface area contributed by atoms with E-state index in [-0.39, 0.29) is 29.9 Å². The van der Waals surface area contributed by atoms with E-state index in [1.807, 2.05) is 6.92 Å². The number of rotatable bonds is 4. The van der Waals surface area contributed by atoms with Crippen LogP contribution in [0.25, 0.3) is 0 Å². The van der Waals surface area contributed by atoms with Gasteiger partial charge in [0.05, 0.1) is 11.1 Å². The van der Waals surface area contributed by atoms with Gasteiger partial charge in [-0.2, -0.15) is 0 Å². The van der Waals surface area contributed by atoms with Gasteiger partial charge in [0.15, 0.2) is 6.61 Å². The van der Waals surface area contributed by atoms with Crippen molar-refractivity contribution in [1.82, 2.24) is 4.90 Å². The summed E-state index contributed by atoms with van der Waals surface area (Å²) in [5, 5.41) is 3.27. The van der Waals surface area contributed by atoms with Gasteiger partial charge in [0.2, 0.25) is 0 Å². The Balaban J connectivity index is 1.65. The lowest BCUT2D eigenvalue weighted by Gasteiger charge is -2.09. The van der Waals surface area contributed by atoms with Crippen LogP contribution in [0.15, 0.2) is 36.4 Å². The molecule has 0 aromatic heterocycles. The molecule has 0 unspecified atom stereocenters. The van der Waals surface area contributed by atoms with Crippen LogP contribution >= 0.6 is 11.6 Å². The highest BCUT2D eigenvalue weighted by molar-refractivity contribution is 6.31. The molecule has 6 nitrogen and oxygen atoms in total. The van der Waals surface area contributed by atoms with Gasteiger partial charge in [-0.3, -0.25) is 19.3 Å². The topological polar surface area (TPSA) is 75.7 Å². The summed E-state index contributed by atoms with van der Waals surface area (Å²) in [6.07, 6.45) is 0. The van der Waals surface area contributed by atoms with E-state index in [1.165, 1.54) is 19.2 Å². The maximum Gasteiger partial charge on any atom is 0.262 e. The number of carbonyl (C=O) groups is 3. The number of halogens is 1. The van der Waals surface area contributed by atoms with Crippen LogP contribution in [-0.2, 0) is 4.79 Å². The number of imide groups is 1. The first-order valence-corrected chi connectivity index (χ1v) is 7.90. The zero-order valence-corrected chi connectivity index (χ0v) is 14.4. The second kappa shape index (κ2) is 6.57. The van der Waals surface area contributed by atoms with E-state index >= 15 is 0 Å². The van der Waals surface area contributed by atoms with Gasteiger partial charge >= 0.3 is 0 Å². The second-order valence-electron chi connectivity index (χ2n) is 5.68. The third-order valence-electron chi connectivity index (χ3n) is 3.87. The lowest BCUT2D eigenvalue weighted by atomic mass is 10.1. The zero-order chi connectivity index (χ0) is 18.1. The second-order valence-corrected chi connectivity index (χ2v) is 6.08. The van der Waals surface area contributed by atoms with Crippen LogP contribution in [0.5, 0.6) is 5.75 Å². The predicted octanol–water partition coefficient (Wildman–Crippen LogP) is 2.89. The minimum absolute atomic E-state index is 0.190. The molecule has 0 fully saturated rings. The molecule has 0 saturated carbocycles. The van der Waals surface area contributed by atoms with Gasteiger partial charge in [-0.25, -0.2) is 0 Å². The molecular weight excluding hydrogens is 344 g/mol. The number of hydrogen-bond acceptors (Lipinski definition) is 4. The number of ether oxygens (including phenoxy) is 1. The van der Waals surface area contributed by atoms with Crippen molar-refractivity contribution in [2.75, 3.05) is 19.0 Å². The number of fused-ring (bicyclic) bond motifs is 1. The Morgan fingerprint density at radius 3 is 2.56 bits per heavy atom. The van der Waals surface area contributed by atoms with Crippen LogP contribution in [0, 0.1) is 6.92 Å². The third-order valence-corrected chi connectivity index (χ3v) is 4.30. The van der Waals surface area contributed by atoms with E-state index in [4.69, 9.17) is 16.3 Å². The predicted molar refractivity (Wildman–Crippen MR) is 93.2 cm³/mol. The van der Waals surface area contributed by atoms with E-state index < -0.39 is 0 Å². The van der Waals surface area contributed by atoms with E-state index in [0.29, 0.717) is 22.0 Å². The zero-order valence-electron chi connectivity index (χ0n) is 13.6. The summed E-state index contributed by atoms with van der Waals surface area (Å²) in [4.78, 5) is 36.9. The molecule has 0 atom stereocenters. The van der Waals surface area contributed by atoms with Crippen LogP contribution in [-0.4, -0.2) is 36.3 Å². The highest BCUT2D eigenvalue weighted by Gasteiger charge is 2.32. The summed E-state index contributed by atoms with van der Waals surface area (Å²) in [7, 11) is 1.42. The monoisotopic (exact) mass is 358 g/mol. The number of nitrogens with one attached hydrogen (secondary N) is 1. The molecule has 3 rings (SSSR count). The molecule has 0 radical (unpaired) electrons. The molecule has 1 N–H and O–H groups in total. The number of benzene rings is 2. The minimum atomic E-state index is -0.385. The molecule has 25 heavy (non-hydrogen) atoms. The van der Waals surface area contributed by atoms with Crippen molar-refractivity contribution >= 4 is 35.0 Å². The number of amides is 3. The number of anilines is 1. The molecule has 7 heteroatoms. The molecule has 0 saturated heterocycles. The van der Waals surface area contributed by atoms with Gasteiger partial charge in [0.1, 0.15) is 5.75 Å². The van der Waals surface area contributed by atoms with E-state index in [2.05, 4.69) is 5.32 Å². The average molecular weight is 359 g/mol. The van der Waals surface area contributed by atoms with Crippen molar-refractivity contribution in [1.29, 1.82) is 0 Å². The first-order valence-electron chi connectivity index (χ1n) is 7.52. The van der Waals surface area contributed by atoms with E-state index in [1.54, 1.807) is 24.3 Å². The maximum atomic E-state index is 12.0. The largest absolute Gasteiger partial charge is 0.484 e. The maximum absolute atomic E-state index is 12.0. The van der Waals surface area contributed by atoms with Crippen LogP contribution in [0.2, 0.25) is 5.02 Å². The van der Waals surface area contributed by atoms with Crippen LogP contribution < -0.4 is 10.1 Å². The molecule has 2 aromatic rings. The highest BCUT2D eigenvalue weighted by Crippen LogP contribution is 2.25. The Kier molecular flexibility index (Phi) is 4.46. The SMILES string of the molecule is Cc1cc(OCC(=O)Nc2ccc3c(c2)C(=O)N(C)C3=O)ccc1Cl. The minimum Gasteiger partial charge on any atom is -0.484 e. The quantitative estimate of drug-likeness (QED) is 0.853. The lowest BCUT2D eigenvalue weighted by Crippen LogP contribution is -2.24. The van der Waals surface area contributed by atoms with Gasteiger partial charge in [0, 0.05) is 17.8 Å². The molecule has 0 bridgehead atoms. The number of carbonyl (C=O) groups excluding carboxylic acids is 3. The van der Waals surface area contributed by atoms with Crippen molar-refractivity contribution in [3.05, 3.63) is 58.1 Å². The average Bonchev–Trinajstić information content (AvgIpc) is 2.80. The lowest BCUT2D eigenvalue weighted by molar-refractivity contribution is -0.118. The fourth-order valence-electron chi connectivity index (χ4n) is 2.49. The molecule has 3 amide bonds. The van der Waals surface area contributed by atoms with Crippen molar-refractivity contribution in [2.24, 2.45) is 0 Å². The third kappa shape index (κ3) is 3.34. The first-order chi connectivity index (χ1) is 11.9. The van der Waals surface area contributed by atoms with Gasteiger partial charge in [0.25, 0.3) is 17.7 Å². The molecule has 0 aliphatic carbocycles. The Bertz CT molecular complexity index is 895. The molecular formula is C18H15ClN2O4. The van der Waals surface area contributed by atoms with E-state index in [0.717, 1.165) is 10.5 Å². The number of aryl methyl sites for hydroxylation is 1. The highest BCUT2D eigenvalue weighted by atomic mass is 35.5. The Hall–Kier alpha value is -2.86. The van der Waals surface area contributed by atoms with Crippen LogP contribution in [0.4, 0.5) is 5.69 Å². The van der Waals surface area contributed by atoms with Crippen LogP contribution in [0.3, 0.4) is 0 Å². The Morgan fingerprint density at radius 1 is 1.12 bits per heavy atom. The summed E-state index contributed by atoms with van der Waals surface area (Å²) in [5.41, 5.74) is 1.89. The smallest absolute Gasteiger partial charge is 0.262 e. The summed E-state index contributed by atoms with van der Waals surface area (Å²) in [5.74, 6) is -0.575. The van der Waals surface area contributed by atoms with Crippen molar-refractivity contribution in [3.8, 4) is 5.75 Å². The molecule has 128 valence electrons. The summed E-state index contributed by atoms with van der Waals surface area (Å²) in [6.45, 7) is 1.65. The van der Waals surface area contributed by atoms with Gasteiger partial charge in [-0.1, -0.05) is 11.6 Å². The molecule has 1 heterocycles. The fraction of sp³-hybridized carbons (Fsp3) is 0.167. The molecule has 0 spiro atoms. The molecule has 1 aliphatic heterocycles. The van der Waals surface area contributed by atoms with Crippen LogP contribution in [0.1, 0.15) is 26.3 Å². The number of nitrogens with zero attached hydrogens (tertiary/aromatic N) is 1. The Morgan fingerprint density at radius 2 is 1.84 bits per heavy atom. The van der Waals surface area contributed by atoms with Gasteiger partial charge in [-0.15, -0.1) is 0 Å². The number of hydrogen-bond donors (Lipinski definition) is 1. The first kappa shape index (κ1) is 17.0. The van der Waals surface area contributed by atoms with Gasteiger partial charge in [-0.05, 0) is 48.9 Å². The normalized spacial score (nSPS) is 13.0. The van der Waals surface area contributed by atoms with Crippen molar-refractivity contribution in [2.45, 2.75) is 6.92 Å². The summed E-state index contributed by atoms with van der Waals surface area (Å²) < 4.78 is 5.42. The molecule has 1 aliphatic rings. The van der Waals surface area contributed by atoms with Gasteiger partial charge < -0.3 is 10.1 Å². The fourth-order valence-corrected chi connectivity index (χ4v) is 2.61. The standard InChI is InChI=1S/C18H15ClN2O4/c1-10-7-12(4-6-15(10)19)25-9-16(22)20-11-3-5-13-14(8-11)18(24)21(2)17(13)23/h3-8H,9H2,1-2H3,(H,20,22). The summed E-state index contributed by atoms with van der Waals surface area (Å²) >= 11 is 5.94. The van der Waals surface area contributed by atoms with Crippen molar-refractivity contribution in [3.63, 3.8) is 0 Å². The Labute approximate surface area is 149 Å².